The zero-order valence-corrected chi connectivity index (χ0v) is 14.4. The van der Waals surface area contributed by atoms with Crippen molar-refractivity contribution in [2.75, 3.05) is 0 Å². The van der Waals surface area contributed by atoms with Crippen LogP contribution in [0.2, 0.25) is 0 Å². The molecule has 4 rings (SSSR count). The summed E-state index contributed by atoms with van der Waals surface area (Å²) in [6.07, 6.45) is 0. The summed E-state index contributed by atoms with van der Waals surface area (Å²) >= 11 is 3.49. The molecule has 0 atom stereocenters. The number of halogens is 1. The molecule has 0 saturated carbocycles. The summed E-state index contributed by atoms with van der Waals surface area (Å²) in [5.41, 5.74) is 4.37. The molecule has 23 heavy (non-hydrogen) atoms. The molecular weight excluding hydrogens is 356 g/mol. The molecule has 0 N–H and O–H groups in total. The van der Waals surface area contributed by atoms with Crippen LogP contribution in [0.3, 0.4) is 0 Å². The van der Waals surface area contributed by atoms with Crippen molar-refractivity contribution in [3.8, 4) is 11.5 Å². The van der Waals surface area contributed by atoms with Crippen molar-refractivity contribution in [1.82, 2.24) is 20.0 Å². The van der Waals surface area contributed by atoms with Crippen LogP contribution in [0, 0.1) is 5.92 Å². The lowest BCUT2D eigenvalue weighted by Gasteiger charge is -2.04. The minimum atomic E-state index is 0.522. The summed E-state index contributed by atoms with van der Waals surface area (Å²) in [5, 5.41) is 8.50. The fraction of sp³-hybridized carbons (Fsp3) is 0.235. The van der Waals surface area contributed by atoms with Crippen molar-refractivity contribution in [1.29, 1.82) is 0 Å². The van der Waals surface area contributed by atoms with Crippen LogP contribution >= 0.6 is 15.9 Å². The highest BCUT2D eigenvalue weighted by Crippen LogP contribution is 2.30. The van der Waals surface area contributed by atoms with Gasteiger partial charge in [-0.25, -0.2) is 9.67 Å². The predicted octanol–water partition coefficient (Wildman–Crippen LogP) is 4.66. The largest absolute Gasteiger partial charge is 0.435 e. The maximum atomic E-state index is 5.89. The van der Waals surface area contributed by atoms with E-state index in [0.717, 1.165) is 38.7 Å². The molecule has 2 aromatic heterocycles. The summed E-state index contributed by atoms with van der Waals surface area (Å²) in [6, 6.07) is 11.8. The van der Waals surface area contributed by atoms with Gasteiger partial charge in [-0.2, -0.15) is 0 Å². The topological polar surface area (TPSA) is 56.7 Å². The van der Waals surface area contributed by atoms with Crippen LogP contribution in [0.4, 0.5) is 0 Å². The van der Waals surface area contributed by atoms with E-state index in [1.807, 2.05) is 41.1 Å². The van der Waals surface area contributed by atoms with E-state index in [2.05, 4.69) is 45.1 Å². The second-order valence-corrected chi connectivity index (χ2v) is 6.83. The number of hydrogen-bond donors (Lipinski definition) is 0. The number of hydrogen-bond acceptors (Lipinski definition) is 4. The number of benzene rings is 2. The molecule has 0 fully saturated rings. The van der Waals surface area contributed by atoms with Crippen LogP contribution in [0.25, 0.3) is 33.6 Å². The molecule has 0 amide bonds. The third kappa shape index (κ3) is 2.53. The lowest BCUT2D eigenvalue weighted by molar-refractivity contribution is 0.483. The van der Waals surface area contributed by atoms with Gasteiger partial charge in [-0.1, -0.05) is 25.1 Å². The van der Waals surface area contributed by atoms with Crippen LogP contribution in [0.15, 0.2) is 45.3 Å². The van der Waals surface area contributed by atoms with Gasteiger partial charge in [0.25, 0.3) is 0 Å². The van der Waals surface area contributed by atoms with Gasteiger partial charge >= 0.3 is 0 Å². The van der Waals surface area contributed by atoms with Gasteiger partial charge in [0.15, 0.2) is 5.58 Å². The van der Waals surface area contributed by atoms with Gasteiger partial charge in [0.1, 0.15) is 11.0 Å². The zero-order valence-electron chi connectivity index (χ0n) is 12.8. The van der Waals surface area contributed by atoms with Gasteiger partial charge in [0.05, 0.1) is 9.99 Å². The fourth-order valence-electron chi connectivity index (χ4n) is 2.62. The highest BCUT2D eigenvalue weighted by molar-refractivity contribution is 9.10. The summed E-state index contributed by atoms with van der Waals surface area (Å²) in [7, 11) is 0. The van der Waals surface area contributed by atoms with Crippen molar-refractivity contribution in [3.63, 3.8) is 0 Å². The van der Waals surface area contributed by atoms with E-state index >= 15 is 0 Å². The number of oxazole rings is 1. The van der Waals surface area contributed by atoms with Crippen molar-refractivity contribution in [3.05, 3.63) is 40.9 Å². The third-order valence-corrected chi connectivity index (χ3v) is 4.29. The Balaban J connectivity index is 1.80. The minimum absolute atomic E-state index is 0.522. The Hall–Kier alpha value is -2.21. The summed E-state index contributed by atoms with van der Waals surface area (Å²) < 4.78 is 8.73. The van der Waals surface area contributed by atoms with E-state index in [1.54, 1.807) is 0 Å². The predicted molar refractivity (Wildman–Crippen MR) is 93.1 cm³/mol. The molecule has 2 aromatic carbocycles. The molecule has 0 aliphatic carbocycles. The number of rotatable bonds is 3. The average Bonchev–Trinajstić information content (AvgIpc) is 3.12. The second-order valence-electron chi connectivity index (χ2n) is 5.98. The molecular formula is C17H15BrN4O. The monoisotopic (exact) mass is 370 g/mol. The van der Waals surface area contributed by atoms with E-state index in [9.17, 15) is 0 Å². The molecule has 6 heteroatoms. The Bertz CT molecular complexity index is 1000. The van der Waals surface area contributed by atoms with Gasteiger partial charge in [-0.3, -0.25) is 0 Å². The van der Waals surface area contributed by atoms with Gasteiger partial charge in [-0.15, -0.1) is 5.10 Å². The summed E-state index contributed by atoms with van der Waals surface area (Å²) in [6.45, 7) is 5.18. The summed E-state index contributed by atoms with van der Waals surface area (Å²) in [5.74, 6) is 1.11. The molecule has 0 aliphatic heterocycles. The van der Waals surface area contributed by atoms with Crippen molar-refractivity contribution >= 4 is 38.1 Å². The van der Waals surface area contributed by atoms with Crippen LogP contribution < -0.4 is 0 Å². The average molecular weight is 371 g/mol. The normalized spacial score (nSPS) is 11.8. The number of nitrogens with zero attached hydrogens (tertiary/aromatic N) is 4. The van der Waals surface area contributed by atoms with E-state index in [1.165, 1.54) is 0 Å². The number of para-hydroxylation sites is 1. The standard InChI is InChI=1S/C17H15BrN4O/c1-10(2)9-22-15-7-6-11(8-14(15)20-21-22)17-19-13-5-3-4-12(18)16(13)23-17/h3-8,10H,9H2,1-2H3. The zero-order chi connectivity index (χ0) is 16.0. The van der Waals surface area contributed by atoms with E-state index in [4.69, 9.17) is 4.42 Å². The SMILES string of the molecule is CC(C)Cn1nnc2cc(-c3nc4cccc(Br)c4o3)ccc21. The van der Waals surface area contributed by atoms with Gasteiger partial charge in [0, 0.05) is 12.1 Å². The molecule has 0 unspecified atom stereocenters. The van der Waals surface area contributed by atoms with Crippen LogP contribution in [0.5, 0.6) is 0 Å². The number of fused-ring (bicyclic) bond motifs is 2. The molecule has 116 valence electrons. The van der Waals surface area contributed by atoms with E-state index in [-0.39, 0.29) is 0 Å². The molecule has 0 radical (unpaired) electrons. The molecule has 5 nitrogen and oxygen atoms in total. The molecule has 0 saturated heterocycles. The maximum Gasteiger partial charge on any atom is 0.227 e. The van der Waals surface area contributed by atoms with Gasteiger partial charge in [-0.05, 0) is 52.2 Å². The minimum Gasteiger partial charge on any atom is -0.435 e. The van der Waals surface area contributed by atoms with E-state index < -0.39 is 0 Å². The van der Waals surface area contributed by atoms with Crippen LogP contribution in [-0.4, -0.2) is 20.0 Å². The first-order valence-corrected chi connectivity index (χ1v) is 8.30. The Labute approximate surface area is 141 Å². The molecule has 0 aliphatic rings. The maximum absolute atomic E-state index is 5.89. The molecule has 4 aromatic rings. The van der Waals surface area contributed by atoms with Crippen LogP contribution in [-0.2, 0) is 6.54 Å². The summed E-state index contributed by atoms with van der Waals surface area (Å²) in [4.78, 5) is 4.55. The lowest BCUT2D eigenvalue weighted by Crippen LogP contribution is -2.05. The van der Waals surface area contributed by atoms with Crippen molar-refractivity contribution in [2.24, 2.45) is 5.92 Å². The molecule has 0 bridgehead atoms. The Kier molecular flexibility index (Phi) is 3.41. The Morgan fingerprint density at radius 1 is 1.17 bits per heavy atom. The first-order chi connectivity index (χ1) is 11.1. The molecule has 0 spiro atoms. The third-order valence-electron chi connectivity index (χ3n) is 3.67. The second kappa shape index (κ2) is 5.45. The van der Waals surface area contributed by atoms with Crippen molar-refractivity contribution < 1.29 is 4.42 Å². The number of aromatic nitrogens is 4. The highest BCUT2D eigenvalue weighted by Gasteiger charge is 2.13. The first-order valence-electron chi connectivity index (χ1n) is 7.50. The highest BCUT2D eigenvalue weighted by atomic mass is 79.9. The van der Waals surface area contributed by atoms with Crippen LogP contribution in [0.1, 0.15) is 13.8 Å². The van der Waals surface area contributed by atoms with Gasteiger partial charge < -0.3 is 4.42 Å². The van der Waals surface area contributed by atoms with E-state index in [0.29, 0.717) is 11.8 Å². The first kappa shape index (κ1) is 14.4. The Morgan fingerprint density at radius 3 is 2.83 bits per heavy atom. The van der Waals surface area contributed by atoms with Gasteiger partial charge in [0.2, 0.25) is 5.89 Å². The quantitative estimate of drug-likeness (QED) is 0.526. The lowest BCUT2D eigenvalue weighted by atomic mass is 10.2. The molecule has 2 heterocycles. The van der Waals surface area contributed by atoms with Crippen molar-refractivity contribution in [2.45, 2.75) is 20.4 Å². The Morgan fingerprint density at radius 2 is 2.04 bits per heavy atom. The smallest absolute Gasteiger partial charge is 0.227 e. The fourth-order valence-corrected chi connectivity index (χ4v) is 3.06.